The molecule has 0 aliphatic carbocycles. The molecule has 3 aromatic carbocycles. The van der Waals surface area contributed by atoms with Gasteiger partial charge in [-0.05, 0) is 61.0 Å². The SMILES string of the molecule is CC(c1ccc(F)cc1)N(C)C(=O)c1cccc(S(=O)(=O)N(C)c2cccc(Cl)c2)c1. The van der Waals surface area contributed by atoms with E-state index in [2.05, 4.69) is 0 Å². The molecule has 0 aliphatic heterocycles. The van der Waals surface area contributed by atoms with E-state index in [1.807, 2.05) is 6.92 Å². The molecule has 0 aromatic heterocycles. The second-order valence-corrected chi connectivity index (χ2v) is 9.53. The molecule has 3 rings (SSSR count). The largest absolute Gasteiger partial charge is 0.335 e. The predicted molar refractivity (Wildman–Crippen MR) is 120 cm³/mol. The summed E-state index contributed by atoms with van der Waals surface area (Å²) in [6.07, 6.45) is 0. The van der Waals surface area contributed by atoms with Gasteiger partial charge in [0.05, 0.1) is 16.6 Å². The average molecular weight is 461 g/mol. The third kappa shape index (κ3) is 4.89. The molecule has 0 heterocycles. The zero-order valence-electron chi connectivity index (χ0n) is 17.3. The Balaban J connectivity index is 1.88. The minimum Gasteiger partial charge on any atom is -0.335 e. The van der Waals surface area contributed by atoms with Crippen molar-refractivity contribution in [1.29, 1.82) is 0 Å². The summed E-state index contributed by atoms with van der Waals surface area (Å²) in [5.74, 6) is -0.703. The van der Waals surface area contributed by atoms with E-state index in [0.717, 1.165) is 9.87 Å². The number of nitrogens with zero attached hydrogens (tertiary/aromatic N) is 2. The molecule has 0 saturated carbocycles. The highest BCUT2D eigenvalue weighted by molar-refractivity contribution is 7.92. The van der Waals surface area contributed by atoms with Crippen LogP contribution in [0.15, 0.2) is 77.7 Å². The van der Waals surface area contributed by atoms with Gasteiger partial charge < -0.3 is 4.90 Å². The molecular weight excluding hydrogens is 439 g/mol. The number of amides is 1. The summed E-state index contributed by atoms with van der Waals surface area (Å²) in [7, 11) is -0.856. The first-order valence-electron chi connectivity index (χ1n) is 9.48. The lowest BCUT2D eigenvalue weighted by molar-refractivity contribution is 0.0742. The van der Waals surface area contributed by atoms with Crippen LogP contribution in [-0.4, -0.2) is 33.3 Å². The van der Waals surface area contributed by atoms with Crippen molar-refractivity contribution in [3.8, 4) is 0 Å². The first-order chi connectivity index (χ1) is 14.6. The Morgan fingerprint density at radius 1 is 0.968 bits per heavy atom. The first kappa shape index (κ1) is 22.8. The van der Waals surface area contributed by atoms with Crippen molar-refractivity contribution < 1.29 is 17.6 Å². The number of halogens is 2. The molecule has 31 heavy (non-hydrogen) atoms. The fourth-order valence-corrected chi connectivity index (χ4v) is 4.52. The van der Waals surface area contributed by atoms with Gasteiger partial charge in [-0.25, -0.2) is 12.8 Å². The van der Waals surface area contributed by atoms with Gasteiger partial charge >= 0.3 is 0 Å². The van der Waals surface area contributed by atoms with Crippen LogP contribution in [0.25, 0.3) is 0 Å². The molecule has 1 atom stereocenters. The van der Waals surface area contributed by atoms with Gasteiger partial charge in [0.1, 0.15) is 5.82 Å². The highest BCUT2D eigenvalue weighted by Gasteiger charge is 2.24. The predicted octanol–water partition coefficient (Wildman–Crippen LogP) is 5.14. The number of anilines is 1. The Morgan fingerprint density at radius 3 is 2.26 bits per heavy atom. The van der Waals surface area contributed by atoms with Gasteiger partial charge in [-0.2, -0.15) is 0 Å². The molecule has 3 aromatic rings. The molecule has 5 nitrogen and oxygen atoms in total. The average Bonchev–Trinajstić information content (AvgIpc) is 2.77. The minimum absolute atomic E-state index is 0.0105. The number of benzene rings is 3. The Hall–Kier alpha value is -2.90. The molecule has 1 amide bonds. The molecule has 0 N–H and O–H groups in total. The third-order valence-electron chi connectivity index (χ3n) is 5.16. The van der Waals surface area contributed by atoms with E-state index < -0.39 is 10.0 Å². The van der Waals surface area contributed by atoms with Crippen LogP contribution < -0.4 is 4.31 Å². The molecule has 0 aliphatic rings. The van der Waals surface area contributed by atoms with Crippen molar-refractivity contribution in [3.05, 3.63) is 94.8 Å². The maximum absolute atomic E-state index is 13.2. The smallest absolute Gasteiger partial charge is 0.264 e. The third-order valence-corrected chi connectivity index (χ3v) is 7.18. The van der Waals surface area contributed by atoms with Gasteiger partial charge in [-0.1, -0.05) is 35.9 Å². The molecule has 8 heteroatoms. The fraction of sp³-hybridized carbons (Fsp3) is 0.174. The summed E-state index contributed by atoms with van der Waals surface area (Å²) in [6.45, 7) is 1.82. The molecule has 0 bridgehead atoms. The van der Waals surface area contributed by atoms with Gasteiger partial charge in [0, 0.05) is 24.7 Å². The fourth-order valence-electron chi connectivity index (χ4n) is 3.10. The Morgan fingerprint density at radius 2 is 1.61 bits per heavy atom. The van der Waals surface area contributed by atoms with Crippen LogP contribution in [0.5, 0.6) is 0 Å². The molecule has 0 saturated heterocycles. The van der Waals surface area contributed by atoms with Crippen molar-refractivity contribution in [2.75, 3.05) is 18.4 Å². The van der Waals surface area contributed by atoms with Crippen LogP contribution in [0.1, 0.15) is 28.9 Å². The zero-order chi connectivity index (χ0) is 22.8. The number of carbonyl (C=O) groups is 1. The van der Waals surface area contributed by atoms with Crippen LogP contribution in [-0.2, 0) is 10.0 Å². The lowest BCUT2D eigenvalue weighted by Gasteiger charge is -2.26. The van der Waals surface area contributed by atoms with E-state index in [-0.39, 0.29) is 28.2 Å². The maximum atomic E-state index is 13.2. The van der Waals surface area contributed by atoms with Gasteiger partial charge in [0.25, 0.3) is 15.9 Å². The molecule has 0 fully saturated rings. The quantitative estimate of drug-likeness (QED) is 0.512. The van der Waals surface area contributed by atoms with Gasteiger partial charge in [-0.15, -0.1) is 0 Å². The molecule has 1 unspecified atom stereocenters. The summed E-state index contributed by atoms with van der Waals surface area (Å²) >= 11 is 5.98. The van der Waals surface area contributed by atoms with Gasteiger partial charge in [-0.3, -0.25) is 9.10 Å². The molecule has 0 radical (unpaired) electrons. The van der Waals surface area contributed by atoms with Crippen molar-refractivity contribution >= 4 is 33.2 Å². The van der Waals surface area contributed by atoms with Crippen molar-refractivity contribution in [2.45, 2.75) is 17.9 Å². The number of hydrogen-bond acceptors (Lipinski definition) is 3. The highest BCUT2D eigenvalue weighted by Crippen LogP contribution is 2.26. The van der Waals surface area contributed by atoms with Crippen molar-refractivity contribution in [1.82, 2.24) is 4.90 Å². The zero-order valence-corrected chi connectivity index (χ0v) is 18.9. The van der Waals surface area contributed by atoms with E-state index in [4.69, 9.17) is 11.6 Å². The van der Waals surface area contributed by atoms with E-state index in [1.54, 1.807) is 49.5 Å². The van der Waals surface area contributed by atoms with Crippen LogP contribution in [0.3, 0.4) is 0 Å². The first-order valence-corrected chi connectivity index (χ1v) is 11.3. The van der Waals surface area contributed by atoms with E-state index >= 15 is 0 Å². The number of carbonyl (C=O) groups excluding carboxylic acids is 1. The van der Waals surface area contributed by atoms with Crippen LogP contribution in [0.2, 0.25) is 5.02 Å². The second kappa shape index (κ2) is 9.08. The minimum atomic E-state index is -3.91. The Labute approximate surface area is 186 Å². The summed E-state index contributed by atoms with van der Waals surface area (Å²) in [5, 5.41) is 0.417. The Bertz CT molecular complexity index is 1200. The van der Waals surface area contributed by atoms with Gasteiger partial charge in [0.15, 0.2) is 0 Å². The number of hydrogen-bond donors (Lipinski definition) is 0. The lowest BCUT2D eigenvalue weighted by atomic mass is 10.1. The van der Waals surface area contributed by atoms with Gasteiger partial charge in [0.2, 0.25) is 0 Å². The van der Waals surface area contributed by atoms with E-state index in [1.165, 1.54) is 42.3 Å². The van der Waals surface area contributed by atoms with E-state index in [9.17, 15) is 17.6 Å². The van der Waals surface area contributed by atoms with E-state index in [0.29, 0.717) is 10.7 Å². The number of rotatable bonds is 6. The summed E-state index contributed by atoms with van der Waals surface area (Å²) in [5.41, 5.74) is 1.41. The normalized spacial score (nSPS) is 12.3. The van der Waals surface area contributed by atoms with Crippen molar-refractivity contribution in [2.24, 2.45) is 0 Å². The lowest BCUT2D eigenvalue weighted by Crippen LogP contribution is -2.30. The van der Waals surface area contributed by atoms with Crippen LogP contribution in [0, 0.1) is 5.82 Å². The monoisotopic (exact) mass is 460 g/mol. The van der Waals surface area contributed by atoms with Crippen LogP contribution >= 0.6 is 11.6 Å². The van der Waals surface area contributed by atoms with Crippen molar-refractivity contribution in [3.63, 3.8) is 0 Å². The summed E-state index contributed by atoms with van der Waals surface area (Å²) in [4.78, 5) is 14.5. The molecule has 0 spiro atoms. The summed E-state index contributed by atoms with van der Waals surface area (Å²) < 4.78 is 40.5. The van der Waals surface area contributed by atoms with Crippen LogP contribution in [0.4, 0.5) is 10.1 Å². The molecule has 162 valence electrons. The standard InChI is InChI=1S/C23H22ClFN2O3S/c1-16(17-10-12-20(25)13-11-17)26(2)23(28)18-6-4-9-22(14-18)31(29,30)27(3)21-8-5-7-19(24)15-21/h4-16H,1-3H3. The molecular formula is C23H22ClFN2O3S. The Kier molecular flexibility index (Phi) is 6.67. The summed E-state index contributed by atoms with van der Waals surface area (Å²) in [6, 6.07) is 18.0. The second-order valence-electron chi connectivity index (χ2n) is 7.12. The maximum Gasteiger partial charge on any atom is 0.264 e. The highest BCUT2D eigenvalue weighted by atomic mass is 35.5. The number of sulfonamides is 1. The topological polar surface area (TPSA) is 57.7 Å².